The van der Waals surface area contributed by atoms with Gasteiger partial charge in [0.2, 0.25) is 0 Å². The Balaban J connectivity index is -0.000000845. The molecule has 0 aliphatic heterocycles. The molecule has 0 heterocycles. The maximum atomic E-state index is 12.5. The Hall–Kier alpha value is 1.51. The van der Waals surface area contributed by atoms with Crippen molar-refractivity contribution in [1.82, 2.24) is 0 Å². The third-order valence-electron chi connectivity index (χ3n) is 1.29. The van der Waals surface area contributed by atoms with Crippen LogP contribution in [0.15, 0.2) is 0 Å². The Morgan fingerprint density at radius 3 is 2.25 bits per heavy atom. The zero-order valence-electron chi connectivity index (χ0n) is 9.38. The van der Waals surface area contributed by atoms with Crippen molar-refractivity contribution >= 4 is 13.6 Å². The van der Waals surface area contributed by atoms with E-state index in [1.54, 1.807) is 0 Å². The van der Waals surface area contributed by atoms with Crippen molar-refractivity contribution in [3.63, 3.8) is 0 Å². The summed E-state index contributed by atoms with van der Waals surface area (Å²) in [6.07, 6.45) is -2.39. The number of esters is 1. The van der Waals surface area contributed by atoms with Gasteiger partial charge in [-0.05, 0) is 7.60 Å². The Morgan fingerprint density at radius 2 is 1.94 bits per heavy atom. The van der Waals surface area contributed by atoms with E-state index in [1.165, 1.54) is 0 Å². The molecular weight excluding hydrogens is 264 g/mol. The van der Waals surface area contributed by atoms with Crippen molar-refractivity contribution in [2.75, 3.05) is 6.61 Å². The van der Waals surface area contributed by atoms with Crippen LogP contribution in [0.3, 0.4) is 0 Å². The summed E-state index contributed by atoms with van der Waals surface area (Å²) >= 11 is 0. The van der Waals surface area contributed by atoms with Gasteiger partial charge in [-0.25, -0.2) is 4.39 Å². The molecule has 0 radical (unpaired) electrons. The molecule has 0 aliphatic rings. The van der Waals surface area contributed by atoms with Crippen LogP contribution >= 0.6 is 7.60 Å². The minimum atomic E-state index is -5.33. The molecule has 16 heavy (non-hydrogen) atoms. The zero-order valence-corrected chi connectivity index (χ0v) is 14.3. The zero-order chi connectivity index (χ0) is 11.4. The fourth-order valence-electron chi connectivity index (χ4n) is 0.635. The van der Waals surface area contributed by atoms with Crippen LogP contribution in [-0.4, -0.2) is 29.7 Å². The third kappa shape index (κ3) is 12.0. The fourth-order valence-corrected chi connectivity index (χ4v) is 1.14. The van der Waals surface area contributed by atoms with Gasteiger partial charge >= 0.3 is 65.1 Å². The van der Waals surface area contributed by atoms with Gasteiger partial charge in [-0.1, -0.05) is 0 Å². The molecule has 0 aromatic rings. The maximum Gasteiger partial charge on any atom is 1.00 e. The summed E-state index contributed by atoms with van der Waals surface area (Å²) in [7, 11) is -5.33. The molecule has 0 amide bonds. The van der Waals surface area contributed by atoms with Gasteiger partial charge in [0.15, 0.2) is 0 Å². The number of hydrogen-bond acceptors (Lipinski definition) is 6. The number of hydrogen-bond donors (Lipinski definition) is 1. The Kier molecular flexibility index (Phi) is 14.8. The summed E-state index contributed by atoms with van der Waals surface area (Å²) < 4.78 is 26.8. The summed E-state index contributed by atoms with van der Waals surface area (Å²) in [4.78, 5) is 30.4. The summed E-state index contributed by atoms with van der Waals surface area (Å²) in [5.74, 6) is -3.35. The number of rotatable bonds is 5. The molecule has 10 heteroatoms. The Labute approximate surface area is 137 Å². The minimum absolute atomic E-state index is 0. The number of alkyl halides is 1. The molecule has 0 saturated carbocycles. The molecule has 0 aliphatic carbocycles. The molecule has 1 unspecified atom stereocenters. The normalized spacial score (nSPS) is 14.1. The van der Waals surface area contributed by atoms with Gasteiger partial charge in [0.1, 0.15) is 12.5 Å². The molecule has 0 saturated heterocycles. The van der Waals surface area contributed by atoms with E-state index in [-0.39, 0.29) is 59.1 Å². The van der Waals surface area contributed by atoms with Gasteiger partial charge < -0.3 is 24.2 Å². The number of aliphatic hydroxyl groups excluding tert-OH is 1. The molecule has 0 rings (SSSR count). The van der Waals surface area contributed by atoms with Gasteiger partial charge in [0, 0.05) is 13.3 Å². The standard InChI is InChI=1S/C6H12FO6P.2Na/c1-4(8)13-3-5(9)2-6(7)14(10,11)12;;/h5-6,9H,2-3H2,1H3,(H2,10,11,12);;/q;2*+1/p-2/t5-,6?;;/m1../s1. The molecule has 0 fully saturated rings. The molecule has 2 atom stereocenters. The van der Waals surface area contributed by atoms with Crippen LogP contribution in [0.5, 0.6) is 0 Å². The molecule has 84 valence electrons. The van der Waals surface area contributed by atoms with Crippen molar-refractivity contribution in [3.05, 3.63) is 0 Å². The predicted octanol–water partition coefficient (Wildman–Crippen LogP) is -7.48. The summed E-state index contributed by atoms with van der Waals surface area (Å²) in [6, 6.07) is 0. The number of carbonyl (C=O) groups excluding carboxylic acids is 1. The number of aliphatic hydroxyl groups is 1. The molecule has 1 N–H and O–H groups in total. The first-order chi connectivity index (χ1) is 6.23. The SMILES string of the molecule is CC(=O)OC[C@H](O)CC(F)P(=O)([O-])[O-].[Na+].[Na+]. The van der Waals surface area contributed by atoms with Crippen LogP contribution in [0.2, 0.25) is 0 Å². The minimum Gasteiger partial charge on any atom is -0.809 e. The average Bonchev–Trinajstić information content (AvgIpc) is 1.99. The van der Waals surface area contributed by atoms with E-state index < -0.39 is 38.6 Å². The van der Waals surface area contributed by atoms with E-state index in [0.717, 1.165) is 6.92 Å². The Morgan fingerprint density at radius 1 is 1.50 bits per heavy atom. The van der Waals surface area contributed by atoms with Crippen LogP contribution in [0.25, 0.3) is 0 Å². The number of ether oxygens (including phenoxy) is 1. The molecule has 0 spiro atoms. The van der Waals surface area contributed by atoms with Crippen LogP contribution in [0.1, 0.15) is 13.3 Å². The second kappa shape index (κ2) is 10.4. The second-order valence-corrected chi connectivity index (χ2v) is 4.31. The third-order valence-corrected chi connectivity index (χ3v) is 2.19. The molecule has 0 aromatic carbocycles. The monoisotopic (exact) mass is 274 g/mol. The predicted molar refractivity (Wildman–Crippen MR) is 39.8 cm³/mol. The van der Waals surface area contributed by atoms with Crippen LogP contribution in [-0.2, 0) is 14.1 Å². The number of carbonyl (C=O) groups is 1. The molecule has 0 bridgehead atoms. The van der Waals surface area contributed by atoms with E-state index >= 15 is 0 Å². The van der Waals surface area contributed by atoms with E-state index in [2.05, 4.69) is 4.74 Å². The van der Waals surface area contributed by atoms with Crippen molar-refractivity contribution in [2.24, 2.45) is 0 Å². The molecule has 6 nitrogen and oxygen atoms in total. The van der Waals surface area contributed by atoms with Gasteiger partial charge in [-0.2, -0.15) is 0 Å². The van der Waals surface area contributed by atoms with E-state index in [0.29, 0.717) is 0 Å². The van der Waals surface area contributed by atoms with Crippen molar-refractivity contribution in [3.8, 4) is 0 Å². The second-order valence-electron chi connectivity index (χ2n) is 2.67. The fraction of sp³-hybridized carbons (Fsp3) is 0.833. The van der Waals surface area contributed by atoms with Gasteiger partial charge in [-0.3, -0.25) is 4.79 Å². The summed E-state index contributed by atoms with van der Waals surface area (Å²) in [6.45, 7) is 0.543. The van der Waals surface area contributed by atoms with Gasteiger partial charge in [0.05, 0.1) is 6.10 Å². The van der Waals surface area contributed by atoms with Crippen molar-refractivity contribution in [1.29, 1.82) is 0 Å². The van der Waals surface area contributed by atoms with E-state index in [9.17, 15) is 23.5 Å². The molecular formula is C6H10FNa2O6P. The Bertz CT molecular complexity index is 247. The summed E-state index contributed by atoms with van der Waals surface area (Å²) in [5.41, 5.74) is 0. The smallest absolute Gasteiger partial charge is 0.809 e. The quantitative estimate of drug-likeness (QED) is 0.303. The van der Waals surface area contributed by atoms with Crippen LogP contribution in [0.4, 0.5) is 4.39 Å². The van der Waals surface area contributed by atoms with Gasteiger partial charge in [-0.15, -0.1) is 0 Å². The summed E-state index contributed by atoms with van der Waals surface area (Å²) in [5, 5.41) is 8.92. The first kappa shape index (κ1) is 22.7. The van der Waals surface area contributed by atoms with Crippen molar-refractivity contribution in [2.45, 2.75) is 25.4 Å². The van der Waals surface area contributed by atoms with Crippen LogP contribution < -0.4 is 68.9 Å². The average molecular weight is 274 g/mol. The first-order valence-corrected chi connectivity index (χ1v) is 5.32. The molecule has 0 aromatic heterocycles. The largest absolute Gasteiger partial charge is 1.00 e. The van der Waals surface area contributed by atoms with E-state index in [1.807, 2.05) is 0 Å². The maximum absolute atomic E-state index is 12.5. The van der Waals surface area contributed by atoms with Crippen LogP contribution in [0, 0.1) is 0 Å². The van der Waals surface area contributed by atoms with Gasteiger partial charge in [0.25, 0.3) is 0 Å². The topological polar surface area (TPSA) is 110 Å². The number of halogens is 1. The van der Waals surface area contributed by atoms with Crippen molar-refractivity contribution < 1.29 is 92.5 Å². The van der Waals surface area contributed by atoms with E-state index in [4.69, 9.17) is 5.11 Å². The first-order valence-electron chi connectivity index (χ1n) is 3.70.